The maximum absolute atomic E-state index is 14.4. The zero-order valence-electron chi connectivity index (χ0n) is 18.0. The van der Waals surface area contributed by atoms with E-state index in [1.807, 2.05) is 6.92 Å². The lowest BCUT2D eigenvalue weighted by Gasteiger charge is -2.40. The van der Waals surface area contributed by atoms with Crippen LogP contribution in [0.2, 0.25) is 0 Å². The molecule has 2 aromatic carbocycles. The molecule has 0 saturated heterocycles. The standard InChI is InChI=1S/C22H25FN2O5S/c1-13(2)30-22(27)24-12-14(3)25(15(4)26)19-8-6-17(11-20(19)24)16-7-9-21(18(23)10-16)31(5,28)29/h6-11,13-14H,12H2,1-5H3. The highest BCUT2D eigenvalue weighted by molar-refractivity contribution is 7.90. The SMILES string of the molecule is CC(=O)N1c2ccc(-c3ccc(S(C)(=O)=O)c(F)c3)cc2N(C(=O)OC(C)C)CC1C. The molecule has 2 aromatic rings. The molecule has 1 aliphatic rings. The van der Waals surface area contributed by atoms with Crippen molar-refractivity contribution in [1.29, 1.82) is 0 Å². The Balaban J connectivity index is 2.12. The third-order valence-electron chi connectivity index (χ3n) is 4.97. The van der Waals surface area contributed by atoms with Gasteiger partial charge in [-0.3, -0.25) is 9.69 Å². The van der Waals surface area contributed by atoms with E-state index < -0.39 is 21.7 Å². The number of ether oxygens (including phenoxy) is 1. The molecule has 9 heteroatoms. The third kappa shape index (κ3) is 4.56. The van der Waals surface area contributed by atoms with E-state index in [-0.39, 0.29) is 29.5 Å². The normalized spacial score (nSPS) is 16.3. The van der Waals surface area contributed by atoms with E-state index in [1.165, 1.54) is 24.0 Å². The maximum atomic E-state index is 14.4. The molecule has 7 nitrogen and oxygen atoms in total. The molecule has 1 atom stereocenters. The maximum Gasteiger partial charge on any atom is 0.414 e. The number of fused-ring (bicyclic) bond motifs is 1. The van der Waals surface area contributed by atoms with Crippen molar-refractivity contribution < 1.29 is 27.1 Å². The van der Waals surface area contributed by atoms with E-state index in [0.29, 0.717) is 22.5 Å². The van der Waals surface area contributed by atoms with Gasteiger partial charge in [-0.05, 0) is 56.2 Å². The van der Waals surface area contributed by atoms with Crippen LogP contribution in [-0.4, -0.2) is 45.4 Å². The summed E-state index contributed by atoms with van der Waals surface area (Å²) in [6, 6.07) is 8.67. The molecule has 0 aromatic heterocycles. The zero-order chi connectivity index (χ0) is 23.1. The summed E-state index contributed by atoms with van der Waals surface area (Å²) in [6.07, 6.45) is 0.0830. The summed E-state index contributed by atoms with van der Waals surface area (Å²) in [6.45, 7) is 7.03. The van der Waals surface area contributed by atoms with Gasteiger partial charge in [-0.2, -0.15) is 0 Å². The van der Waals surface area contributed by atoms with Gasteiger partial charge in [0.2, 0.25) is 5.91 Å². The first kappa shape index (κ1) is 22.7. The first-order chi connectivity index (χ1) is 14.4. The topological polar surface area (TPSA) is 84.0 Å². The Morgan fingerprint density at radius 1 is 1.10 bits per heavy atom. The Labute approximate surface area is 181 Å². The van der Waals surface area contributed by atoms with Gasteiger partial charge in [0.15, 0.2) is 9.84 Å². The second-order valence-corrected chi connectivity index (χ2v) is 9.89. The summed E-state index contributed by atoms with van der Waals surface area (Å²) in [5, 5.41) is 0. The number of rotatable bonds is 3. The molecule has 3 rings (SSSR count). The fraction of sp³-hybridized carbons (Fsp3) is 0.364. The Kier molecular flexibility index (Phi) is 6.09. The van der Waals surface area contributed by atoms with Crippen molar-refractivity contribution in [2.45, 2.75) is 44.7 Å². The second-order valence-electron chi connectivity index (χ2n) is 7.90. The predicted molar refractivity (Wildman–Crippen MR) is 117 cm³/mol. The molecule has 0 saturated carbocycles. The molecule has 0 spiro atoms. The molecular formula is C22H25FN2O5S. The summed E-state index contributed by atoms with van der Waals surface area (Å²) in [7, 11) is -3.69. The first-order valence-corrected chi connectivity index (χ1v) is 11.7. The van der Waals surface area contributed by atoms with E-state index >= 15 is 0 Å². The van der Waals surface area contributed by atoms with Gasteiger partial charge in [-0.15, -0.1) is 0 Å². The summed E-state index contributed by atoms with van der Waals surface area (Å²) >= 11 is 0. The number of anilines is 2. The number of halogens is 1. The van der Waals surface area contributed by atoms with Crippen molar-refractivity contribution >= 4 is 33.2 Å². The summed E-state index contributed by atoms with van der Waals surface area (Å²) in [4.78, 5) is 27.6. The smallest absolute Gasteiger partial charge is 0.414 e. The van der Waals surface area contributed by atoms with Crippen LogP contribution >= 0.6 is 0 Å². The minimum Gasteiger partial charge on any atom is -0.446 e. The van der Waals surface area contributed by atoms with Crippen LogP contribution in [-0.2, 0) is 19.4 Å². The van der Waals surface area contributed by atoms with E-state index in [4.69, 9.17) is 4.74 Å². The van der Waals surface area contributed by atoms with Crippen LogP contribution in [0.5, 0.6) is 0 Å². The van der Waals surface area contributed by atoms with Gasteiger partial charge >= 0.3 is 6.09 Å². The van der Waals surface area contributed by atoms with Crippen LogP contribution < -0.4 is 9.80 Å². The Morgan fingerprint density at radius 2 is 1.71 bits per heavy atom. The summed E-state index contributed by atoms with van der Waals surface area (Å²) in [5.41, 5.74) is 2.02. The van der Waals surface area contributed by atoms with Crippen LogP contribution in [0.3, 0.4) is 0 Å². The minimum atomic E-state index is -3.69. The lowest BCUT2D eigenvalue weighted by molar-refractivity contribution is -0.117. The molecule has 0 bridgehead atoms. The molecule has 2 amide bonds. The van der Waals surface area contributed by atoms with Gasteiger partial charge in [0.1, 0.15) is 10.7 Å². The first-order valence-electron chi connectivity index (χ1n) is 9.82. The molecule has 31 heavy (non-hydrogen) atoms. The van der Waals surface area contributed by atoms with E-state index in [2.05, 4.69) is 0 Å². The van der Waals surface area contributed by atoms with E-state index in [0.717, 1.165) is 12.3 Å². The fourth-order valence-electron chi connectivity index (χ4n) is 3.70. The van der Waals surface area contributed by atoms with Gasteiger partial charge in [0.25, 0.3) is 0 Å². The number of hydrogen-bond acceptors (Lipinski definition) is 5. The van der Waals surface area contributed by atoms with Gasteiger partial charge in [0, 0.05) is 19.7 Å². The van der Waals surface area contributed by atoms with E-state index in [9.17, 15) is 22.4 Å². The molecule has 1 aliphatic heterocycles. The molecule has 1 heterocycles. The number of nitrogens with zero attached hydrogens (tertiary/aromatic N) is 2. The number of sulfone groups is 1. The van der Waals surface area contributed by atoms with Crippen LogP contribution in [0.4, 0.5) is 20.6 Å². The lowest BCUT2D eigenvalue weighted by Crippen LogP contribution is -2.51. The third-order valence-corrected chi connectivity index (χ3v) is 6.10. The Morgan fingerprint density at radius 3 is 2.26 bits per heavy atom. The number of carbonyl (C=O) groups is 2. The van der Waals surface area contributed by atoms with Crippen LogP contribution in [0.1, 0.15) is 27.7 Å². The van der Waals surface area contributed by atoms with Crippen molar-refractivity contribution in [1.82, 2.24) is 0 Å². The van der Waals surface area contributed by atoms with Crippen molar-refractivity contribution in [2.75, 3.05) is 22.6 Å². The highest BCUT2D eigenvalue weighted by Crippen LogP contribution is 2.39. The lowest BCUT2D eigenvalue weighted by atomic mass is 10.0. The highest BCUT2D eigenvalue weighted by Gasteiger charge is 2.34. The van der Waals surface area contributed by atoms with Gasteiger partial charge < -0.3 is 9.64 Å². The van der Waals surface area contributed by atoms with Crippen LogP contribution in [0, 0.1) is 5.82 Å². The van der Waals surface area contributed by atoms with Crippen molar-refractivity contribution in [2.24, 2.45) is 0 Å². The quantitative estimate of drug-likeness (QED) is 0.709. The number of hydrogen-bond donors (Lipinski definition) is 0. The van der Waals surface area contributed by atoms with Gasteiger partial charge in [0.05, 0.1) is 23.5 Å². The molecular weight excluding hydrogens is 423 g/mol. The molecule has 1 unspecified atom stereocenters. The second kappa shape index (κ2) is 8.30. The average molecular weight is 449 g/mol. The zero-order valence-corrected chi connectivity index (χ0v) is 18.9. The molecule has 0 fully saturated rings. The predicted octanol–water partition coefficient (Wildman–Crippen LogP) is 4.00. The number of carbonyl (C=O) groups excluding carboxylic acids is 2. The Bertz CT molecular complexity index is 1150. The van der Waals surface area contributed by atoms with Crippen molar-refractivity contribution in [3.8, 4) is 11.1 Å². The molecule has 0 aliphatic carbocycles. The Hall–Kier alpha value is -2.94. The largest absolute Gasteiger partial charge is 0.446 e. The number of amides is 2. The van der Waals surface area contributed by atoms with Gasteiger partial charge in [-0.25, -0.2) is 17.6 Å². The van der Waals surface area contributed by atoms with Crippen LogP contribution in [0.25, 0.3) is 11.1 Å². The average Bonchev–Trinajstić information content (AvgIpc) is 2.64. The van der Waals surface area contributed by atoms with Crippen molar-refractivity contribution in [3.05, 3.63) is 42.2 Å². The molecule has 0 radical (unpaired) electrons. The van der Waals surface area contributed by atoms with Crippen molar-refractivity contribution in [3.63, 3.8) is 0 Å². The van der Waals surface area contributed by atoms with Gasteiger partial charge in [-0.1, -0.05) is 12.1 Å². The molecule has 166 valence electrons. The molecule has 0 N–H and O–H groups in total. The minimum absolute atomic E-state index is 0.165. The van der Waals surface area contributed by atoms with E-state index in [1.54, 1.807) is 36.9 Å². The van der Waals surface area contributed by atoms with Crippen LogP contribution in [0.15, 0.2) is 41.3 Å². The highest BCUT2D eigenvalue weighted by atomic mass is 32.2. The summed E-state index contributed by atoms with van der Waals surface area (Å²) in [5.74, 6) is -1.02. The fourth-order valence-corrected chi connectivity index (χ4v) is 4.43. The summed E-state index contributed by atoms with van der Waals surface area (Å²) < 4.78 is 43.2. The number of benzene rings is 2. The monoisotopic (exact) mass is 448 g/mol.